The summed E-state index contributed by atoms with van der Waals surface area (Å²) in [4.78, 5) is 44.1. The second kappa shape index (κ2) is 5.76. The molecule has 3 saturated heterocycles. The van der Waals surface area contributed by atoms with Gasteiger partial charge in [0, 0.05) is 17.3 Å². The molecule has 146 valence electrons. The minimum Gasteiger partial charge on any atom is -0.324 e. The summed E-state index contributed by atoms with van der Waals surface area (Å²) >= 11 is 0. The van der Waals surface area contributed by atoms with Crippen molar-refractivity contribution in [2.45, 2.75) is 31.0 Å². The first kappa shape index (κ1) is 16.9. The number of hydrogen-bond acceptors (Lipinski definition) is 4. The second-order valence-corrected chi connectivity index (χ2v) is 8.42. The number of carbonyl (C=O) groups is 3. The number of para-hydroxylation sites is 1. The van der Waals surface area contributed by atoms with Crippen molar-refractivity contribution in [3.8, 4) is 0 Å². The van der Waals surface area contributed by atoms with Crippen LogP contribution in [0.4, 0.5) is 5.69 Å². The van der Waals surface area contributed by atoms with Crippen molar-refractivity contribution in [2.75, 3.05) is 11.9 Å². The lowest BCUT2D eigenvalue weighted by atomic mass is 9.75. The zero-order chi connectivity index (χ0) is 19.8. The van der Waals surface area contributed by atoms with Gasteiger partial charge in [0.05, 0.1) is 18.4 Å². The minimum atomic E-state index is -1.07. The number of hydrogen-bond donors (Lipinski definition) is 1. The summed E-state index contributed by atoms with van der Waals surface area (Å²) in [5, 5.41) is 2.99. The van der Waals surface area contributed by atoms with Crippen molar-refractivity contribution in [3.05, 3.63) is 65.7 Å². The lowest BCUT2D eigenvalue weighted by Crippen LogP contribution is -2.54. The Morgan fingerprint density at radius 3 is 2.55 bits per heavy atom. The molecule has 2 aromatic rings. The van der Waals surface area contributed by atoms with Crippen molar-refractivity contribution in [1.29, 1.82) is 0 Å². The van der Waals surface area contributed by atoms with E-state index < -0.39 is 17.4 Å². The highest BCUT2D eigenvalue weighted by atomic mass is 16.2. The molecule has 4 aliphatic heterocycles. The van der Waals surface area contributed by atoms with Gasteiger partial charge in [-0.2, -0.15) is 0 Å². The van der Waals surface area contributed by atoms with Crippen LogP contribution in [0.15, 0.2) is 54.6 Å². The second-order valence-electron chi connectivity index (χ2n) is 8.42. The first-order chi connectivity index (χ1) is 14.1. The van der Waals surface area contributed by atoms with E-state index in [0.717, 1.165) is 36.2 Å². The first-order valence-electron chi connectivity index (χ1n) is 10.2. The minimum absolute atomic E-state index is 0.0610. The lowest BCUT2D eigenvalue weighted by Gasteiger charge is -2.36. The Balaban J connectivity index is 1.49. The van der Waals surface area contributed by atoms with E-state index >= 15 is 0 Å². The third-order valence-corrected chi connectivity index (χ3v) is 7.17. The van der Waals surface area contributed by atoms with E-state index in [4.69, 9.17) is 0 Å². The summed E-state index contributed by atoms with van der Waals surface area (Å²) in [6.45, 7) is 0.996. The van der Waals surface area contributed by atoms with Gasteiger partial charge in [0.2, 0.25) is 17.7 Å². The molecule has 6 nitrogen and oxygen atoms in total. The Hall–Kier alpha value is -2.99. The third kappa shape index (κ3) is 1.97. The van der Waals surface area contributed by atoms with Gasteiger partial charge in [-0.05, 0) is 31.0 Å². The standard InChI is InChI=1S/C23H21N3O3/c27-20-18-17-11-6-12-26(17)23(15-9-4-5-10-16(15)24-22(23)29)19(18)21(28)25(20)13-14-7-2-1-3-8-14/h1-5,7-10,17-19H,6,11-13H2,(H,24,29). The van der Waals surface area contributed by atoms with Gasteiger partial charge in [0.25, 0.3) is 0 Å². The van der Waals surface area contributed by atoms with Gasteiger partial charge in [-0.15, -0.1) is 0 Å². The van der Waals surface area contributed by atoms with Crippen LogP contribution in [-0.4, -0.2) is 40.1 Å². The number of likely N-dealkylation sites (tertiary alicyclic amines) is 1. The average molecular weight is 387 g/mol. The van der Waals surface area contributed by atoms with Crippen LogP contribution < -0.4 is 5.32 Å². The van der Waals surface area contributed by atoms with Crippen LogP contribution in [-0.2, 0) is 26.5 Å². The van der Waals surface area contributed by atoms with Gasteiger partial charge >= 0.3 is 0 Å². The Morgan fingerprint density at radius 2 is 1.72 bits per heavy atom. The van der Waals surface area contributed by atoms with E-state index in [1.165, 1.54) is 4.90 Å². The summed E-state index contributed by atoms with van der Waals surface area (Å²) in [6, 6.07) is 17.1. The van der Waals surface area contributed by atoms with Gasteiger partial charge < -0.3 is 5.32 Å². The molecular weight excluding hydrogens is 366 g/mol. The molecular formula is C23H21N3O3. The highest BCUT2D eigenvalue weighted by Crippen LogP contribution is 2.60. The molecule has 0 bridgehead atoms. The molecule has 0 saturated carbocycles. The molecule has 1 N–H and O–H groups in total. The first-order valence-corrected chi connectivity index (χ1v) is 10.2. The van der Waals surface area contributed by atoms with Crippen LogP contribution in [0.3, 0.4) is 0 Å². The predicted molar refractivity (Wildman–Crippen MR) is 105 cm³/mol. The maximum atomic E-state index is 13.6. The molecule has 2 aromatic carbocycles. The SMILES string of the molecule is O=C1C2C3CCCN3C3(C(=O)Nc4ccccc43)C2C(=O)N1Cc1ccccc1. The van der Waals surface area contributed by atoms with Crippen LogP contribution in [0.25, 0.3) is 0 Å². The highest BCUT2D eigenvalue weighted by molar-refractivity contribution is 6.15. The smallest absolute Gasteiger partial charge is 0.250 e. The van der Waals surface area contributed by atoms with Crippen LogP contribution in [0.5, 0.6) is 0 Å². The normalized spacial score (nSPS) is 32.6. The number of anilines is 1. The van der Waals surface area contributed by atoms with Gasteiger partial charge in [-0.1, -0.05) is 48.5 Å². The number of amides is 3. The van der Waals surface area contributed by atoms with Crippen molar-refractivity contribution in [2.24, 2.45) is 11.8 Å². The molecule has 1 spiro atoms. The molecule has 0 radical (unpaired) electrons. The Labute approximate surface area is 168 Å². The molecule has 3 amide bonds. The van der Waals surface area contributed by atoms with Gasteiger partial charge in [0.1, 0.15) is 5.54 Å². The van der Waals surface area contributed by atoms with Crippen molar-refractivity contribution >= 4 is 23.4 Å². The van der Waals surface area contributed by atoms with Crippen LogP contribution in [0.2, 0.25) is 0 Å². The van der Waals surface area contributed by atoms with Crippen molar-refractivity contribution in [3.63, 3.8) is 0 Å². The molecule has 4 atom stereocenters. The topological polar surface area (TPSA) is 69.7 Å². The zero-order valence-electron chi connectivity index (χ0n) is 15.9. The van der Waals surface area contributed by atoms with Crippen molar-refractivity contribution < 1.29 is 14.4 Å². The van der Waals surface area contributed by atoms with E-state index in [9.17, 15) is 14.4 Å². The van der Waals surface area contributed by atoms with E-state index in [-0.39, 0.29) is 30.3 Å². The monoisotopic (exact) mass is 387 g/mol. The third-order valence-electron chi connectivity index (χ3n) is 7.17. The number of nitrogens with zero attached hydrogens (tertiary/aromatic N) is 2. The summed E-state index contributed by atoms with van der Waals surface area (Å²) in [5.41, 5.74) is 1.45. The fraction of sp³-hybridized carbons (Fsp3) is 0.348. The maximum Gasteiger partial charge on any atom is 0.250 e. The number of fused-ring (bicyclic) bond motifs is 7. The summed E-state index contributed by atoms with van der Waals surface area (Å²) < 4.78 is 0. The predicted octanol–water partition coefficient (Wildman–Crippen LogP) is 2.11. The summed E-state index contributed by atoms with van der Waals surface area (Å²) in [6.07, 6.45) is 1.78. The van der Waals surface area contributed by atoms with E-state index in [2.05, 4.69) is 10.2 Å². The number of nitrogens with one attached hydrogen (secondary N) is 1. The molecule has 6 heteroatoms. The number of benzene rings is 2. The Kier molecular flexibility index (Phi) is 3.36. The van der Waals surface area contributed by atoms with E-state index in [0.29, 0.717) is 0 Å². The van der Waals surface area contributed by atoms with E-state index in [1.807, 2.05) is 54.6 Å². The van der Waals surface area contributed by atoms with Gasteiger partial charge in [0.15, 0.2) is 0 Å². The van der Waals surface area contributed by atoms with Gasteiger partial charge in [-0.3, -0.25) is 24.2 Å². The molecule has 6 rings (SSSR count). The fourth-order valence-electron chi connectivity index (χ4n) is 6.14. The van der Waals surface area contributed by atoms with Crippen molar-refractivity contribution in [1.82, 2.24) is 9.80 Å². The van der Waals surface area contributed by atoms with Crippen LogP contribution >= 0.6 is 0 Å². The maximum absolute atomic E-state index is 13.6. The van der Waals surface area contributed by atoms with E-state index in [1.54, 1.807) is 0 Å². The molecule has 4 unspecified atom stereocenters. The summed E-state index contributed by atoms with van der Waals surface area (Å²) in [5.74, 6) is -1.63. The Morgan fingerprint density at radius 1 is 0.966 bits per heavy atom. The molecule has 0 aliphatic carbocycles. The molecule has 3 fully saturated rings. The number of imide groups is 1. The molecule has 4 aliphatic rings. The fourth-order valence-corrected chi connectivity index (χ4v) is 6.14. The molecule has 4 heterocycles. The number of carbonyl (C=O) groups excluding carboxylic acids is 3. The zero-order valence-corrected chi connectivity index (χ0v) is 15.9. The largest absolute Gasteiger partial charge is 0.324 e. The Bertz CT molecular complexity index is 1050. The number of rotatable bonds is 2. The average Bonchev–Trinajstić information content (AvgIpc) is 3.44. The highest BCUT2D eigenvalue weighted by Gasteiger charge is 2.74. The molecule has 29 heavy (non-hydrogen) atoms. The summed E-state index contributed by atoms with van der Waals surface area (Å²) in [7, 11) is 0. The van der Waals surface area contributed by atoms with Crippen LogP contribution in [0, 0.1) is 11.8 Å². The van der Waals surface area contributed by atoms with Gasteiger partial charge in [-0.25, -0.2) is 0 Å². The quantitative estimate of drug-likeness (QED) is 0.802. The lowest BCUT2D eigenvalue weighted by molar-refractivity contribution is -0.146. The van der Waals surface area contributed by atoms with Crippen LogP contribution in [0.1, 0.15) is 24.0 Å². The molecule has 0 aromatic heterocycles.